The van der Waals surface area contributed by atoms with Gasteiger partial charge in [0.05, 0.1) is 0 Å². The van der Waals surface area contributed by atoms with Crippen LogP contribution in [0.1, 0.15) is 39.0 Å². The molecule has 2 unspecified atom stereocenters. The molecule has 0 radical (unpaired) electrons. The minimum atomic E-state index is 0.312. The molecule has 1 aliphatic heterocycles. The molecule has 0 aliphatic carbocycles. The summed E-state index contributed by atoms with van der Waals surface area (Å²) in [6.45, 7) is 3.40. The molecule has 1 aliphatic rings. The molecule has 2 atom stereocenters. The molecular weight excluding hydrogens is 150 g/mol. The molecular formula is C10H21NO. The minimum absolute atomic E-state index is 0.312. The molecule has 0 aromatic carbocycles. The Morgan fingerprint density at radius 3 is 2.83 bits per heavy atom. The molecule has 0 bridgehead atoms. The zero-order valence-electron chi connectivity index (χ0n) is 8.31. The Hall–Kier alpha value is -0.0800. The Bertz CT molecular complexity index is 116. The van der Waals surface area contributed by atoms with Gasteiger partial charge in [0.2, 0.25) is 0 Å². The van der Waals surface area contributed by atoms with Gasteiger partial charge in [-0.2, -0.15) is 0 Å². The van der Waals surface area contributed by atoms with E-state index in [9.17, 15) is 0 Å². The van der Waals surface area contributed by atoms with E-state index >= 15 is 0 Å². The van der Waals surface area contributed by atoms with Gasteiger partial charge in [0.15, 0.2) is 0 Å². The molecule has 0 aromatic heterocycles. The predicted octanol–water partition coefficient (Wildman–Crippen LogP) is 2.15. The lowest BCUT2D eigenvalue weighted by Gasteiger charge is -2.13. The van der Waals surface area contributed by atoms with Gasteiger partial charge < -0.3 is 4.74 Å². The van der Waals surface area contributed by atoms with Gasteiger partial charge in [0, 0.05) is 7.11 Å². The number of nitrogens with one attached hydrogen (secondary N) is 1. The van der Waals surface area contributed by atoms with E-state index in [2.05, 4.69) is 12.2 Å². The number of rotatable bonds is 3. The van der Waals surface area contributed by atoms with Gasteiger partial charge in [-0.3, -0.25) is 5.32 Å². The summed E-state index contributed by atoms with van der Waals surface area (Å²) in [5.74, 6) is 0.933. The van der Waals surface area contributed by atoms with Crippen LogP contribution >= 0.6 is 0 Å². The van der Waals surface area contributed by atoms with Crippen molar-refractivity contribution in [2.75, 3.05) is 13.7 Å². The number of hydrogen-bond donors (Lipinski definition) is 1. The molecule has 1 fully saturated rings. The van der Waals surface area contributed by atoms with Crippen LogP contribution in [-0.2, 0) is 4.74 Å². The second-order valence-electron chi connectivity index (χ2n) is 3.70. The maximum atomic E-state index is 5.29. The molecule has 0 aromatic rings. The minimum Gasteiger partial charge on any atom is -0.367 e. The lowest BCUT2D eigenvalue weighted by molar-refractivity contribution is 0.0703. The van der Waals surface area contributed by atoms with Crippen LogP contribution in [0.4, 0.5) is 0 Å². The third-order valence-corrected chi connectivity index (χ3v) is 2.74. The third-order valence-electron chi connectivity index (χ3n) is 2.74. The van der Waals surface area contributed by atoms with E-state index in [0.29, 0.717) is 6.23 Å². The van der Waals surface area contributed by atoms with Crippen molar-refractivity contribution in [3.05, 3.63) is 0 Å². The molecule has 0 spiro atoms. The van der Waals surface area contributed by atoms with Gasteiger partial charge in [-0.15, -0.1) is 0 Å². The number of methoxy groups -OCH3 is 1. The summed E-state index contributed by atoms with van der Waals surface area (Å²) in [5, 5.41) is 3.40. The summed E-state index contributed by atoms with van der Waals surface area (Å²) >= 11 is 0. The Labute approximate surface area is 75.7 Å². The van der Waals surface area contributed by atoms with Gasteiger partial charge in [-0.1, -0.05) is 19.8 Å². The maximum Gasteiger partial charge on any atom is 0.107 e. The fourth-order valence-electron chi connectivity index (χ4n) is 1.98. The van der Waals surface area contributed by atoms with E-state index in [1.165, 1.54) is 32.1 Å². The Balaban J connectivity index is 2.24. The molecule has 1 rings (SSSR count). The monoisotopic (exact) mass is 171 g/mol. The van der Waals surface area contributed by atoms with Crippen LogP contribution in [0, 0.1) is 5.92 Å². The van der Waals surface area contributed by atoms with Gasteiger partial charge in [-0.25, -0.2) is 0 Å². The molecule has 72 valence electrons. The average molecular weight is 171 g/mol. The lowest BCUT2D eigenvalue weighted by Crippen LogP contribution is -2.29. The fraction of sp³-hybridized carbons (Fsp3) is 1.00. The molecule has 12 heavy (non-hydrogen) atoms. The molecule has 2 heteroatoms. The highest BCUT2D eigenvalue weighted by Gasteiger charge is 2.16. The highest BCUT2D eigenvalue weighted by atomic mass is 16.5. The summed E-state index contributed by atoms with van der Waals surface area (Å²) in [6, 6.07) is 0. The summed E-state index contributed by atoms with van der Waals surface area (Å²) in [7, 11) is 1.79. The molecule has 1 saturated heterocycles. The summed E-state index contributed by atoms with van der Waals surface area (Å²) < 4.78 is 5.29. The van der Waals surface area contributed by atoms with Crippen molar-refractivity contribution in [3.8, 4) is 0 Å². The van der Waals surface area contributed by atoms with E-state index in [1.54, 1.807) is 7.11 Å². The van der Waals surface area contributed by atoms with Crippen LogP contribution in [0.25, 0.3) is 0 Å². The number of hydrogen-bond acceptors (Lipinski definition) is 2. The van der Waals surface area contributed by atoms with E-state index in [4.69, 9.17) is 4.74 Å². The second kappa shape index (κ2) is 5.55. The van der Waals surface area contributed by atoms with Crippen molar-refractivity contribution in [1.82, 2.24) is 5.32 Å². The van der Waals surface area contributed by atoms with Crippen LogP contribution in [0.2, 0.25) is 0 Å². The topological polar surface area (TPSA) is 21.3 Å². The normalized spacial score (nSPS) is 31.5. The standard InChI is InChI=1S/C10H21NO/c1-3-4-9-5-6-10(12-2)11-8-7-9/h9-11H,3-8H2,1-2H3. The van der Waals surface area contributed by atoms with Crippen molar-refractivity contribution in [2.45, 2.75) is 45.3 Å². The van der Waals surface area contributed by atoms with Crippen molar-refractivity contribution in [3.63, 3.8) is 0 Å². The van der Waals surface area contributed by atoms with E-state index < -0.39 is 0 Å². The second-order valence-corrected chi connectivity index (χ2v) is 3.70. The average Bonchev–Trinajstić information content (AvgIpc) is 2.31. The van der Waals surface area contributed by atoms with E-state index in [-0.39, 0.29) is 0 Å². The largest absolute Gasteiger partial charge is 0.367 e. The highest BCUT2D eigenvalue weighted by molar-refractivity contribution is 4.69. The summed E-state index contributed by atoms with van der Waals surface area (Å²) in [5.41, 5.74) is 0. The van der Waals surface area contributed by atoms with Crippen molar-refractivity contribution >= 4 is 0 Å². The van der Waals surface area contributed by atoms with Crippen LogP contribution in [0.3, 0.4) is 0 Å². The summed E-state index contributed by atoms with van der Waals surface area (Å²) in [4.78, 5) is 0. The van der Waals surface area contributed by atoms with Crippen molar-refractivity contribution in [2.24, 2.45) is 5.92 Å². The van der Waals surface area contributed by atoms with Crippen molar-refractivity contribution < 1.29 is 4.74 Å². The molecule has 0 amide bonds. The third kappa shape index (κ3) is 3.11. The first-order valence-corrected chi connectivity index (χ1v) is 5.13. The lowest BCUT2D eigenvalue weighted by atomic mass is 9.96. The maximum absolute atomic E-state index is 5.29. The number of ether oxygens (including phenoxy) is 1. The van der Waals surface area contributed by atoms with Crippen molar-refractivity contribution in [1.29, 1.82) is 0 Å². The first-order valence-electron chi connectivity index (χ1n) is 5.13. The molecule has 2 nitrogen and oxygen atoms in total. The highest BCUT2D eigenvalue weighted by Crippen LogP contribution is 2.20. The van der Waals surface area contributed by atoms with Gasteiger partial charge in [-0.05, 0) is 31.7 Å². The van der Waals surface area contributed by atoms with Gasteiger partial charge in [0.25, 0.3) is 0 Å². The SMILES string of the molecule is CCCC1CCNC(OC)CC1. The zero-order valence-corrected chi connectivity index (χ0v) is 8.31. The smallest absolute Gasteiger partial charge is 0.107 e. The predicted molar refractivity (Wildman–Crippen MR) is 51.0 cm³/mol. The molecule has 1 heterocycles. The first-order chi connectivity index (χ1) is 5.86. The Morgan fingerprint density at radius 2 is 2.17 bits per heavy atom. The van der Waals surface area contributed by atoms with Crippen LogP contribution in [-0.4, -0.2) is 19.9 Å². The fourth-order valence-corrected chi connectivity index (χ4v) is 1.98. The Kier molecular flexibility index (Phi) is 4.62. The van der Waals surface area contributed by atoms with Gasteiger partial charge in [0.1, 0.15) is 6.23 Å². The molecule has 0 saturated carbocycles. The van der Waals surface area contributed by atoms with E-state index in [1.807, 2.05) is 0 Å². The van der Waals surface area contributed by atoms with Crippen LogP contribution < -0.4 is 5.32 Å². The first kappa shape index (κ1) is 10.0. The Morgan fingerprint density at radius 1 is 1.33 bits per heavy atom. The molecule has 1 N–H and O–H groups in total. The summed E-state index contributed by atoms with van der Waals surface area (Å²) in [6.07, 6.45) is 6.86. The van der Waals surface area contributed by atoms with Crippen LogP contribution in [0.5, 0.6) is 0 Å². The van der Waals surface area contributed by atoms with E-state index in [0.717, 1.165) is 12.5 Å². The zero-order chi connectivity index (χ0) is 8.81. The quantitative estimate of drug-likeness (QED) is 0.702. The van der Waals surface area contributed by atoms with Gasteiger partial charge >= 0.3 is 0 Å². The van der Waals surface area contributed by atoms with Crippen LogP contribution in [0.15, 0.2) is 0 Å².